The average molecular weight is 590 g/mol. The summed E-state index contributed by atoms with van der Waals surface area (Å²) >= 11 is 16.5. The van der Waals surface area contributed by atoms with E-state index in [0.29, 0.717) is 27.1 Å². The van der Waals surface area contributed by atoms with E-state index in [4.69, 9.17) is 23.2 Å². The normalized spacial score (nSPS) is 15.1. The first kappa shape index (κ1) is 24.1. The Bertz CT molecular complexity index is 1520. The van der Waals surface area contributed by atoms with Crippen LogP contribution in [0.2, 0.25) is 10.0 Å². The maximum absolute atomic E-state index is 13.3. The number of aromatic nitrogens is 1. The van der Waals surface area contributed by atoms with Crippen LogP contribution >= 0.6 is 50.9 Å². The first-order valence-corrected chi connectivity index (χ1v) is 12.9. The van der Waals surface area contributed by atoms with Crippen molar-refractivity contribution in [1.29, 1.82) is 0 Å². The summed E-state index contributed by atoms with van der Waals surface area (Å²) in [5, 5.41) is 1.36. The molecule has 0 saturated carbocycles. The van der Waals surface area contributed by atoms with Crippen molar-refractivity contribution >= 4 is 79.0 Å². The fourth-order valence-corrected chi connectivity index (χ4v) is 5.44. The van der Waals surface area contributed by atoms with Gasteiger partial charge in [-0.3, -0.25) is 14.5 Å². The Morgan fingerprint density at radius 2 is 1.66 bits per heavy atom. The first-order chi connectivity index (χ1) is 16.8. The first-order valence-electron chi connectivity index (χ1n) is 10.5. The van der Waals surface area contributed by atoms with E-state index < -0.39 is 0 Å². The number of carbonyl (C=O) groups is 2. The highest BCUT2D eigenvalue weighted by molar-refractivity contribution is 9.10. The highest BCUT2D eigenvalue weighted by Gasteiger charge is 2.35. The summed E-state index contributed by atoms with van der Waals surface area (Å²) in [6, 6.07) is 17.3. The number of rotatable bonds is 5. The van der Waals surface area contributed by atoms with Gasteiger partial charge in [0.05, 0.1) is 21.5 Å². The molecule has 2 amide bonds. The van der Waals surface area contributed by atoms with Crippen LogP contribution in [-0.4, -0.2) is 20.6 Å². The third kappa shape index (κ3) is 5.05. The van der Waals surface area contributed by atoms with Crippen molar-refractivity contribution in [2.45, 2.75) is 13.1 Å². The number of thioether (sulfide) groups is 1. The average Bonchev–Trinajstić information content (AvgIpc) is 3.29. The summed E-state index contributed by atoms with van der Waals surface area (Å²) in [4.78, 5) is 27.3. The van der Waals surface area contributed by atoms with Gasteiger partial charge in [-0.25, -0.2) is 4.39 Å². The Morgan fingerprint density at radius 1 is 0.914 bits per heavy atom. The number of imide groups is 1. The summed E-state index contributed by atoms with van der Waals surface area (Å²) in [5.74, 6) is -0.646. The lowest BCUT2D eigenvalue weighted by molar-refractivity contribution is -0.123. The third-order valence-corrected chi connectivity index (χ3v) is 7.76. The van der Waals surface area contributed by atoms with Crippen LogP contribution in [-0.2, 0) is 17.9 Å². The fourth-order valence-electron chi connectivity index (χ4n) is 3.93. The molecule has 0 spiro atoms. The van der Waals surface area contributed by atoms with Crippen molar-refractivity contribution in [3.63, 3.8) is 0 Å². The second-order valence-electron chi connectivity index (χ2n) is 8.02. The van der Waals surface area contributed by atoms with Crippen LogP contribution in [0, 0.1) is 5.82 Å². The molecule has 1 aliphatic rings. The summed E-state index contributed by atoms with van der Waals surface area (Å²) in [6.07, 6.45) is 3.68. The molecule has 0 unspecified atom stereocenters. The number of amides is 2. The summed E-state index contributed by atoms with van der Waals surface area (Å²) in [7, 11) is 0. The van der Waals surface area contributed by atoms with Gasteiger partial charge in [-0.15, -0.1) is 0 Å². The van der Waals surface area contributed by atoms with Gasteiger partial charge in [0.2, 0.25) is 0 Å². The molecule has 0 radical (unpaired) electrons. The number of fused-ring (bicyclic) bond motifs is 1. The van der Waals surface area contributed by atoms with Gasteiger partial charge in [0.15, 0.2) is 0 Å². The second kappa shape index (κ2) is 9.82. The Kier molecular flexibility index (Phi) is 6.77. The molecular formula is C26H16BrCl2FN2O2S. The van der Waals surface area contributed by atoms with E-state index in [1.807, 2.05) is 29.0 Å². The maximum atomic E-state index is 13.3. The Labute approximate surface area is 223 Å². The summed E-state index contributed by atoms with van der Waals surface area (Å²) < 4.78 is 16.3. The Hall–Kier alpha value is -2.58. The van der Waals surface area contributed by atoms with Crippen molar-refractivity contribution in [1.82, 2.24) is 9.47 Å². The van der Waals surface area contributed by atoms with E-state index in [-0.39, 0.29) is 23.5 Å². The molecular weight excluding hydrogens is 574 g/mol. The third-order valence-electron chi connectivity index (χ3n) is 5.63. The van der Waals surface area contributed by atoms with E-state index in [2.05, 4.69) is 15.9 Å². The highest BCUT2D eigenvalue weighted by atomic mass is 79.9. The molecule has 35 heavy (non-hydrogen) atoms. The van der Waals surface area contributed by atoms with Gasteiger partial charge in [-0.05, 0) is 71.4 Å². The van der Waals surface area contributed by atoms with E-state index in [1.165, 1.54) is 17.0 Å². The SMILES string of the molecule is O=C1S/C(=C\c2cn(Cc3ccc(F)cc3)c3ccc(Br)cc23)C(=O)N1Cc1ccc(Cl)c(Cl)c1. The standard InChI is InChI=1S/C26H16BrCl2FN2O2S/c27-18-4-8-23-20(11-18)17(14-31(23)12-15-1-5-19(30)6-2-15)10-24-25(33)32(26(34)35-24)13-16-3-7-21(28)22(29)9-16/h1-11,14H,12-13H2/b24-10-. The molecule has 0 bridgehead atoms. The lowest BCUT2D eigenvalue weighted by atomic mass is 10.1. The molecule has 1 saturated heterocycles. The lowest BCUT2D eigenvalue weighted by Crippen LogP contribution is -2.27. The van der Waals surface area contributed by atoms with Crippen molar-refractivity contribution in [3.8, 4) is 0 Å². The molecule has 0 N–H and O–H groups in total. The molecule has 0 atom stereocenters. The van der Waals surface area contributed by atoms with Gasteiger partial charge in [-0.1, -0.05) is 57.3 Å². The minimum absolute atomic E-state index is 0.108. The number of nitrogens with zero attached hydrogens (tertiary/aromatic N) is 2. The largest absolute Gasteiger partial charge is 0.342 e. The van der Waals surface area contributed by atoms with Crippen LogP contribution in [0.4, 0.5) is 9.18 Å². The lowest BCUT2D eigenvalue weighted by Gasteiger charge is -2.12. The molecule has 3 aromatic carbocycles. The van der Waals surface area contributed by atoms with E-state index in [9.17, 15) is 14.0 Å². The zero-order valence-electron chi connectivity index (χ0n) is 18.0. The van der Waals surface area contributed by atoms with E-state index >= 15 is 0 Å². The molecule has 1 aliphatic heterocycles. The zero-order valence-corrected chi connectivity index (χ0v) is 21.9. The highest BCUT2D eigenvalue weighted by Crippen LogP contribution is 2.36. The minimum Gasteiger partial charge on any atom is -0.342 e. The molecule has 5 rings (SSSR count). The van der Waals surface area contributed by atoms with Gasteiger partial charge in [-0.2, -0.15) is 0 Å². The predicted octanol–water partition coefficient (Wildman–Crippen LogP) is 8.13. The molecule has 2 heterocycles. The molecule has 4 nitrogen and oxygen atoms in total. The molecule has 4 aromatic rings. The van der Waals surface area contributed by atoms with Crippen LogP contribution in [0.5, 0.6) is 0 Å². The van der Waals surface area contributed by atoms with Crippen LogP contribution in [0.1, 0.15) is 16.7 Å². The molecule has 9 heteroatoms. The molecule has 1 fully saturated rings. The quantitative estimate of drug-likeness (QED) is 0.221. The fraction of sp³-hybridized carbons (Fsp3) is 0.0769. The smallest absolute Gasteiger partial charge is 0.293 e. The number of hydrogen-bond donors (Lipinski definition) is 0. The number of benzene rings is 3. The van der Waals surface area contributed by atoms with Gasteiger partial charge < -0.3 is 4.57 Å². The number of carbonyl (C=O) groups excluding carboxylic acids is 2. The molecule has 1 aromatic heterocycles. The zero-order chi connectivity index (χ0) is 24.7. The van der Waals surface area contributed by atoms with E-state index in [0.717, 1.165) is 38.3 Å². The maximum Gasteiger partial charge on any atom is 0.293 e. The predicted molar refractivity (Wildman–Crippen MR) is 143 cm³/mol. The van der Waals surface area contributed by atoms with E-state index in [1.54, 1.807) is 36.4 Å². The minimum atomic E-state index is -0.361. The van der Waals surface area contributed by atoms with Gasteiger partial charge in [0, 0.05) is 33.7 Å². The van der Waals surface area contributed by atoms with Crippen LogP contribution in [0.15, 0.2) is 76.2 Å². The monoisotopic (exact) mass is 588 g/mol. The molecule has 0 aliphatic carbocycles. The topological polar surface area (TPSA) is 42.3 Å². The number of halogens is 4. The summed E-state index contributed by atoms with van der Waals surface area (Å²) in [5.41, 5.74) is 3.42. The Balaban J connectivity index is 1.47. The van der Waals surface area contributed by atoms with Crippen molar-refractivity contribution in [2.75, 3.05) is 0 Å². The van der Waals surface area contributed by atoms with Crippen LogP contribution in [0.25, 0.3) is 17.0 Å². The Morgan fingerprint density at radius 3 is 2.40 bits per heavy atom. The van der Waals surface area contributed by atoms with Crippen LogP contribution in [0.3, 0.4) is 0 Å². The number of hydrogen-bond acceptors (Lipinski definition) is 3. The summed E-state index contributed by atoms with van der Waals surface area (Å²) in [6.45, 7) is 0.641. The van der Waals surface area contributed by atoms with Gasteiger partial charge in [0.1, 0.15) is 5.82 Å². The molecule has 176 valence electrons. The second-order valence-corrected chi connectivity index (χ2v) is 10.7. The van der Waals surface area contributed by atoms with Crippen LogP contribution < -0.4 is 0 Å². The van der Waals surface area contributed by atoms with Crippen molar-refractivity contribution < 1.29 is 14.0 Å². The van der Waals surface area contributed by atoms with Crippen molar-refractivity contribution in [2.24, 2.45) is 0 Å². The van der Waals surface area contributed by atoms with Gasteiger partial charge >= 0.3 is 0 Å². The van der Waals surface area contributed by atoms with Crippen molar-refractivity contribution in [3.05, 3.63) is 109 Å². The van der Waals surface area contributed by atoms with Gasteiger partial charge in [0.25, 0.3) is 11.1 Å².